The van der Waals surface area contributed by atoms with Gasteiger partial charge in [0.15, 0.2) is 0 Å². The van der Waals surface area contributed by atoms with Crippen LogP contribution in [0.3, 0.4) is 0 Å². The molecule has 2 aliphatic carbocycles. The van der Waals surface area contributed by atoms with Crippen molar-refractivity contribution in [3.8, 4) is 17.2 Å². The highest BCUT2D eigenvalue weighted by atomic mass is 32.1. The number of carboxylic acid groups (broad SMARTS) is 1. The van der Waals surface area contributed by atoms with Crippen LogP contribution in [0.2, 0.25) is 0 Å². The fourth-order valence-electron chi connectivity index (χ4n) is 5.71. The molecule has 2 bridgehead atoms. The van der Waals surface area contributed by atoms with E-state index in [1.807, 2.05) is 0 Å². The zero-order chi connectivity index (χ0) is 21.9. The van der Waals surface area contributed by atoms with Crippen LogP contribution in [-0.4, -0.2) is 35.1 Å². The van der Waals surface area contributed by atoms with Crippen LogP contribution >= 0.6 is 11.3 Å². The van der Waals surface area contributed by atoms with Crippen molar-refractivity contribution in [1.82, 2.24) is 10.6 Å². The minimum absolute atomic E-state index is 0.0711. The normalized spacial score (nSPS) is 31.0. The standard InChI is InChI=1S/C23H22FN3O3S/c1-10-19-15-7-17(20(10)19)27-21(15)22(28)26-14(8-25)4-12-3-2-11(5-16(12)24)13-6-18(23(29)30)31-9-13/h2-3,5-6,9-10,14-15,17,19-21,27H,4,7H2,1H3,(H,26,28)(H,29,30)/t10-,14-,15+,17-,19-,20+,21-/m0/s1. The molecule has 31 heavy (non-hydrogen) atoms. The largest absolute Gasteiger partial charge is 0.477 e. The highest BCUT2D eigenvalue weighted by Gasteiger charge is 2.67. The Kier molecular flexibility index (Phi) is 4.83. The summed E-state index contributed by atoms with van der Waals surface area (Å²) in [6, 6.07) is 7.54. The van der Waals surface area contributed by atoms with Crippen molar-refractivity contribution in [2.24, 2.45) is 23.7 Å². The van der Waals surface area contributed by atoms with Crippen LogP contribution in [0.5, 0.6) is 0 Å². The summed E-state index contributed by atoms with van der Waals surface area (Å²) in [5.74, 6) is 0.646. The lowest BCUT2D eigenvalue weighted by Crippen LogP contribution is -2.51. The van der Waals surface area contributed by atoms with Crippen LogP contribution in [0.25, 0.3) is 11.1 Å². The van der Waals surface area contributed by atoms with Crippen molar-refractivity contribution in [2.45, 2.75) is 37.9 Å². The number of carbonyl (C=O) groups excluding carboxylic acids is 1. The first-order chi connectivity index (χ1) is 14.9. The Morgan fingerprint density at radius 2 is 2.16 bits per heavy atom. The minimum atomic E-state index is -1.02. The number of rotatable bonds is 6. The fraction of sp³-hybridized carbons (Fsp3) is 0.435. The Labute approximate surface area is 183 Å². The number of nitrogens with zero attached hydrogens (tertiary/aromatic N) is 1. The van der Waals surface area contributed by atoms with Crippen LogP contribution in [0.15, 0.2) is 29.6 Å². The number of piperidine rings is 1. The predicted octanol–water partition coefficient (Wildman–Crippen LogP) is 3.05. The van der Waals surface area contributed by atoms with Crippen molar-refractivity contribution in [2.75, 3.05) is 0 Å². The zero-order valence-electron chi connectivity index (χ0n) is 16.8. The van der Waals surface area contributed by atoms with Crippen molar-refractivity contribution >= 4 is 23.2 Å². The van der Waals surface area contributed by atoms with Crippen LogP contribution < -0.4 is 10.6 Å². The molecule has 2 heterocycles. The van der Waals surface area contributed by atoms with Crippen LogP contribution in [0, 0.1) is 40.8 Å². The number of halogens is 1. The maximum absolute atomic E-state index is 14.7. The van der Waals surface area contributed by atoms with Gasteiger partial charge in [0.1, 0.15) is 16.7 Å². The van der Waals surface area contributed by atoms with E-state index < -0.39 is 17.8 Å². The molecule has 2 aromatic rings. The molecule has 1 aromatic heterocycles. The van der Waals surface area contributed by atoms with E-state index in [4.69, 9.17) is 5.11 Å². The van der Waals surface area contributed by atoms with Crippen molar-refractivity contribution in [1.29, 1.82) is 5.26 Å². The van der Waals surface area contributed by atoms with Crippen LogP contribution in [0.4, 0.5) is 4.39 Å². The number of carboxylic acids is 1. The summed E-state index contributed by atoms with van der Waals surface area (Å²) in [6.45, 7) is 2.24. The molecule has 3 N–H and O–H groups in total. The molecular weight excluding hydrogens is 417 g/mol. The van der Waals surface area contributed by atoms with E-state index in [1.54, 1.807) is 17.5 Å². The lowest BCUT2D eigenvalue weighted by Gasteiger charge is -2.23. The van der Waals surface area contributed by atoms with E-state index in [-0.39, 0.29) is 23.2 Å². The zero-order valence-corrected chi connectivity index (χ0v) is 17.7. The quantitative estimate of drug-likeness (QED) is 0.642. The van der Waals surface area contributed by atoms with Gasteiger partial charge in [0, 0.05) is 12.5 Å². The molecule has 6 nitrogen and oxygen atoms in total. The number of fused-ring (bicyclic) bond motifs is 5. The van der Waals surface area contributed by atoms with Gasteiger partial charge in [0.25, 0.3) is 0 Å². The van der Waals surface area contributed by atoms with Crippen LogP contribution in [-0.2, 0) is 11.2 Å². The van der Waals surface area contributed by atoms with E-state index >= 15 is 0 Å². The van der Waals surface area contributed by atoms with E-state index in [0.29, 0.717) is 46.4 Å². The van der Waals surface area contributed by atoms with Gasteiger partial charge in [-0.05, 0) is 64.3 Å². The summed E-state index contributed by atoms with van der Waals surface area (Å²) in [6.07, 6.45) is 1.10. The molecule has 0 unspecified atom stereocenters. The average Bonchev–Trinajstić information content (AvgIpc) is 3.19. The molecule has 0 radical (unpaired) electrons. The van der Waals surface area contributed by atoms with Gasteiger partial charge in [-0.3, -0.25) is 4.79 Å². The number of benzene rings is 1. The number of thiophene rings is 1. The van der Waals surface area contributed by atoms with Gasteiger partial charge in [0.2, 0.25) is 5.91 Å². The summed E-state index contributed by atoms with van der Waals surface area (Å²) in [5, 5.41) is 26.5. The maximum atomic E-state index is 14.7. The number of aromatic carboxylic acids is 1. The summed E-state index contributed by atoms with van der Waals surface area (Å²) >= 11 is 1.09. The lowest BCUT2D eigenvalue weighted by atomic mass is 9.94. The van der Waals surface area contributed by atoms with Gasteiger partial charge >= 0.3 is 5.97 Å². The fourth-order valence-corrected chi connectivity index (χ4v) is 6.46. The van der Waals surface area contributed by atoms with Crippen molar-refractivity contribution < 1.29 is 19.1 Å². The Balaban J connectivity index is 1.24. The Hall–Kier alpha value is -2.76. The molecule has 160 valence electrons. The number of hydrogen-bond donors (Lipinski definition) is 3. The monoisotopic (exact) mass is 439 g/mol. The van der Waals surface area contributed by atoms with E-state index in [2.05, 4.69) is 23.6 Å². The smallest absolute Gasteiger partial charge is 0.345 e. The number of amides is 1. The first-order valence-electron chi connectivity index (χ1n) is 10.4. The molecule has 1 aromatic carbocycles. The second-order valence-electron chi connectivity index (χ2n) is 8.87. The molecule has 1 amide bonds. The van der Waals surface area contributed by atoms with Crippen molar-refractivity contribution in [3.05, 3.63) is 45.9 Å². The predicted molar refractivity (Wildman–Crippen MR) is 113 cm³/mol. The van der Waals surface area contributed by atoms with Gasteiger partial charge in [-0.15, -0.1) is 11.3 Å². The first-order valence-corrected chi connectivity index (χ1v) is 11.3. The summed E-state index contributed by atoms with van der Waals surface area (Å²) in [7, 11) is 0. The van der Waals surface area contributed by atoms with Crippen LogP contribution in [0.1, 0.15) is 28.6 Å². The third kappa shape index (κ3) is 3.42. The Bertz CT molecular complexity index is 1110. The molecule has 8 heteroatoms. The number of nitriles is 1. The van der Waals surface area contributed by atoms with Gasteiger partial charge < -0.3 is 15.7 Å². The molecule has 7 atom stereocenters. The average molecular weight is 440 g/mol. The lowest BCUT2D eigenvalue weighted by molar-refractivity contribution is -0.124. The summed E-state index contributed by atoms with van der Waals surface area (Å²) in [4.78, 5) is 24.0. The van der Waals surface area contributed by atoms with Crippen molar-refractivity contribution in [3.63, 3.8) is 0 Å². The first kappa shape index (κ1) is 20.2. The SMILES string of the molecule is C[C@H]1[C@H]2[C@H]3C[C@H](N[C@@H]3C(=O)N[C@H](C#N)Cc3ccc(-c4csc(C(=O)O)c4)cc3F)[C@@H]12. The summed E-state index contributed by atoms with van der Waals surface area (Å²) in [5.41, 5.74) is 1.54. The minimum Gasteiger partial charge on any atom is -0.477 e. The molecule has 3 aliphatic rings. The second kappa shape index (κ2) is 7.43. The van der Waals surface area contributed by atoms with E-state index in [1.165, 1.54) is 12.1 Å². The highest BCUT2D eigenvalue weighted by Crippen LogP contribution is 2.64. The van der Waals surface area contributed by atoms with Gasteiger partial charge in [-0.1, -0.05) is 19.1 Å². The third-order valence-electron chi connectivity index (χ3n) is 7.20. The van der Waals surface area contributed by atoms with Gasteiger partial charge in [0.05, 0.1) is 12.1 Å². The number of nitrogens with one attached hydrogen (secondary N) is 2. The number of carbonyl (C=O) groups is 2. The van der Waals surface area contributed by atoms with Gasteiger partial charge in [-0.2, -0.15) is 5.26 Å². The van der Waals surface area contributed by atoms with Gasteiger partial charge in [-0.25, -0.2) is 9.18 Å². The Morgan fingerprint density at radius 1 is 1.35 bits per heavy atom. The summed E-state index contributed by atoms with van der Waals surface area (Å²) < 4.78 is 14.7. The molecule has 1 aliphatic heterocycles. The third-order valence-corrected chi connectivity index (χ3v) is 8.12. The van der Waals surface area contributed by atoms with E-state index in [0.717, 1.165) is 17.8 Å². The molecule has 2 saturated carbocycles. The van der Waals surface area contributed by atoms with E-state index in [9.17, 15) is 19.2 Å². The topological polar surface area (TPSA) is 102 Å². The molecule has 3 fully saturated rings. The number of hydrogen-bond acceptors (Lipinski definition) is 5. The molecular formula is C23H22FN3O3S. The molecule has 0 spiro atoms. The Morgan fingerprint density at radius 3 is 2.81 bits per heavy atom. The maximum Gasteiger partial charge on any atom is 0.345 e. The second-order valence-corrected chi connectivity index (χ2v) is 9.78. The molecule has 1 saturated heterocycles. The highest BCUT2D eigenvalue weighted by molar-refractivity contribution is 7.12. The molecule has 5 rings (SSSR count).